The van der Waals surface area contributed by atoms with Gasteiger partial charge in [-0.05, 0) is 0 Å². The van der Waals surface area contributed by atoms with Crippen molar-refractivity contribution in [2.75, 3.05) is 0 Å². The Labute approximate surface area is 69.2 Å². The average molecular weight is 332 g/mol. The second kappa shape index (κ2) is 19.7. The molecule has 0 aliphatic rings. The topological polar surface area (TPSA) is 28.5 Å². The molecule has 1 nitrogen and oxygen atoms in total. The maximum atomic E-state index is 0. The minimum atomic E-state index is 0. The van der Waals surface area contributed by atoms with Crippen LogP contribution in [-0.2, 0) is 43.7 Å². The normalized spacial score (nSPS) is 0. The Bertz CT molecular complexity index is 8.00. The molecule has 18 valence electrons. The van der Waals surface area contributed by atoms with E-state index >= 15 is 0 Å². The van der Waals surface area contributed by atoms with E-state index in [1.54, 1.807) is 0 Å². The van der Waals surface area contributed by atoms with E-state index in [0.29, 0.717) is 0 Å². The van der Waals surface area contributed by atoms with E-state index in [0.717, 1.165) is 0 Å². The van der Waals surface area contributed by atoms with Gasteiger partial charge in [-0.25, -0.2) is 0 Å². The van der Waals surface area contributed by atoms with Crippen molar-refractivity contribution < 1.29 is 43.7 Å². The van der Waals surface area contributed by atoms with Crippen LogP contribution >= 0.6 is 0 Å². The van der Waals surface area contributed by atoms with Crippen LogP contribution in [0.5, 0.6) is 0 Å². The van der Waals surface area contributed by atoms with Gasteiger partial charge in [0.1, 0.15) is 0 Å². The number of hydrogen-bond donors (Lipinski definition) is 0. The Kier molecular flexibility index (Phi) is 181. The molecule has 4 heteroatoms. The molecule has 0 aliphatic heterocycles. The van der Waals surface area contributed by atoms with Gasteiger partial charge in [-0.2, -0.15) is 0 Å². The monoisotopic (exact) mass is 331 g/mol. The number of hydrogen-bond acceptors (Lipinski definition) is 0. The van der Waals surface area contributed by atoms with Crippen LogP contribution in [0.25, 0.3) is 0 Å². The third-order valence-electron chi connectivity index (χ3n) is 0. The zero-order valence-corrected chi connectivity index (χ0v) is 7.70. The molecule has 0 heterocycles. The molecule has 0 aromatic heterocycles. The summed E-state index contributed by atoms with van der Waals surface area (Å²) in [5, 5.41) is 0. The van der Waals surface area contributed by atoms with Gasteiger partial charge < -0.3 is 5.48 Å². The van der Waals surface area contributed by atoms with E-state index < -0.39 is 0 Å². The molecule has 2 radical (unpaired) electrons. The van der Waals surface area contributed by atoms with Crippen LogP contribution in [0.2, 0.25) is 0 Å². The molecular formula is BiNiOTi+7. The fourth-order valence-corrected chi connectivity index (χ4v) is 0. The quantitative estimate of drug-likeness (QED) is 0.535. The van der Waals surface area contributed by atoms with Crippen molar-refractivity contribution in [3.05, 3.63) is 0 Å². The first-order chi connectivity index (χ1) is 0. The molecule has 0 unspecified atom stereocenters. The molecule has 0 bridgehead atoms. The molecule has 4 heavy (non-hydrogen) atoms. The minimum absolute atomic E-state index is 0. The summed E-state index contributed by atoms with van der Waals surface area (Å²) < 4.78 is 0. The first kappa shape index (κ1) is 36.7. The summed E-state index contributed by atoms with van der Waals surface area (Å²) in [7, 11) is 0. The zero-order chi connectivity index (χ0) is 0. The van der Waals surface area contributed by atoms with Crippen LogP contribution in [0.15, 0.2) is 0 Å². The predicted octanol–water partition coefficient (Wildman–Crippen LogP) is -0.505. The second-order valence-electron chi connectivity index (χ2n) is 0. The molecule has 0 aromatic carbocycles. The van der Waals surface area contributed by atoms with Gasteiger partial charge in [0.2, 0.25) is 0 Å². The van der Waals surface area contributed by atoms with Crippen LogP contribution in [0.1, 0.15) is 0 Å². The standard InChI is InChI=1S/Bi.Ni.O.Ti/q+3;+2;-2;+4. The molecule has 0 aliphatic carbocycles. The Balaban J connectivity index is 0. The van der Waals surface area contributed by atoms with E-state index in [9.17, 15) is 0 Å². The van der Waals surface area contributed by atoms with Crippen LogP contribution < -0.4 is 0 Å². The van der Waals surface area contributed by atoms with Crippen molar-refractivity contribution in [1.29, 1.82) is 0 Å². The molecule has 0 rings (SSSR count). The van der Waals surface area contributed by atoms with Crippen molar-refractivity contribution in [3.8, 4) is 0 Å². The summed E-state index contributed by atoms with van der Waals surface area (Å²) >= 11 is 0. The van der Waals surface area contributed by atoms with E-state index in [1.807, 2.05) is 0 Å². The summed E-state index contributed by atoms with van der Waals surface area (Å²) in [6, 6.07) is 0. The summed E-state index contributed by atoms with van der Waals surface area (Å²) in [5.41, 5.74) is 0. The predicted molar refractivity (Wildman–Crippen MR) is 6.44 cm³/mol. The third-order valence-corrected chi connectivity index (χ3v) is 0. The summed E-state index contributed by atoms with van der Waals surface area (Å²) in [6.45, 7) is 0. The van der Waals surface area contributed by atoms with E-state index in [2.05, 4.69) is 0 Å². The van der Waals surface area contributed by atoms with Crippen LogP contribution in [-0.4, -0.2) is 26.2 Å². The first-order valence-electron chi connectivity index (χ1n) is 0. The zero-order valence-electron chi connectivity index (χ0n) is 1.67. The molecule has 0 fully saturated rings. The molecule has 0 aromatic rings. The SMILES string of the molecule is [Bi+3].[Ni+2].[O-2].[Ti+4]. The van der Waals surface area contributed by atoms with Crippen molar-refractivity contribution in [2.45, 2.75) is 0 Å². The third kappa shape index (κ3) is 8.96. The molecular weight excluding hydrogens is 332 g/mol. The Morgan fingerprint density at radius 3 is 1.00 bits per heavy atom. The number of rotatable bonds is 0. The fraction of sp³-hybridized carbons (Fsp3) is 0. The largest absolute Gasteiger partial charge is 4.00 e. The second-order valence-corrected chi connectivity index (χ2v) is 0. The summed E-state index contributed by atoms with van der Waals surface area (Å²) in [5.74, 6) is 0. The van der Waals surface area contributed by atoms with Gasteiger partial charge in [-0.3, -0.25) is 0 Å². The van der Waals surface area contributed by atoms with Gasteiger partial charge >= 0.3 is 64.4 Å². The van der Waals surface area contributed by atoms with Gasteiger partial charge in [0, 0.05) is 0 Å². The smallest absolute Gasteiger partial charge is 2.00 e. The Morgan fingerprint density at radius 2 is 1.00 bits per heavy atom. The van der Waals surface area contributed by atoms with Crippen molar-refractivity contribution in [1.82, 2.24) is 0 Å². The first-order valence-corrected chi connectivity index (χ1v) is 0. The van der Waals surface area contributed by atoms with Gasteiger partial charge in [0.15, 0.2) is 0 Å². The van der Waals surface area contributed by atoms with E-state index in [1.165, 1.54) is 0 Å². The van der Waals surface area contributed by atoms with Gasteiger partial charge in [-0.1, -0.05) is 0 Å². The Morgan fingerprint density at radius 1 is 1.00 bits per heavy atom. The van der Waals surface area contributed by atoms with Gasteiger partial charge in [-0.15, -0.1) is 0 Å². The maximum absolute atomic E-state index is 0. The van der Waals surface area contributed by atoms with Gasteiger partial charge in [0.25, 0.3) is 0 Å². The van der Waals surface area contributed by atoms with Crippen molar-refractivity contribution >= 4 is 26.2 Å². The maximum Gasteiger partial charge on any atom is 4.00 e. The van der Waals surface area contributed by atoms with Crippen LogP contribution in [0, 0.1) is 0 Å². The molecule has 0 spiro atoms. The van der Waals surface area contributed by atoms with E-state index in [4.69, 9.17) is 0 Å². The molecule has 0 N–H and O–H groups in total. The summed E-state index contributed by atoms with van der Waals surface area (Å²) in [4.78, 5) is 0. The fourth-order valence-electron chi connectivity index (χ4n) is 0. The van der Waals surface area contributed by atoms with Crippen LogP contribution in [0.4, 0.5) is 0 Å². The summed E-state index contributed by atoms with van der Waals surface area (Å²) in [6.07, 6.45) is 0. The molecule has 0 atom stereocenters. The molecule has 0 amide bonds. The van der Waals surface area contributed by atoms with Crippen molar-refractivity contribution in [3.63, 3.8) is 0 Å². The minimum Gasteiger partial charge on any atom is -2.00 e. The van der Waals surface area contributed by atoms with E-state index in [-0.39, 0.29) is 69.9 Å². The molecule has 0 saturated carbocycles. The Hall–Kier alpha value is 2.05. The van der Waals surface area contributed by atoms with Crippen LogP contribution in [0.3, 0.4) is 0 Å². The van der Waals surface area contributed by atoms with Crippen molar-refractivity contribution in [2.24, 2.45) is 0 Å². The van der Waals surface area contributed by atoms with Gasteiger partial charge in [0.05, 0.1) is 0 Å². The molecule has 0 saturated heterocycles. The average Bonchev–Trinajstić information content (AvgIpc) is 0.